The minimum Gasteiger partial charge on any atom is -0.444 e. The highest BCUT2D eigenvalue weighted by Gasteiger charge is 2.43. The van der Waals surface area contributed by atoms with Gasteiger partial charge in [0, 0.05) is 50.5 Å². The van der Waals surface area contributed by atoms with E-state index in [0.29, 0.717) is 31.9 Å². The minimum absolute atomic E-state index is 0.0385. The zero-order chi connectivity index (χ0) is 42.5. The van der Waals surface area contributed by atoms with Gasteiger partial charge in [0.1, 0.15) is 29.2 Å². The number of rotatable bonds is 13. The Balaban J connectivity index is 1.39. The largest absolute Gasteiger partial charge is 0.444 e. The molecule has 2 fully saturated rings. The van der Waals surface area contributed by atoms with Crippen LogP contribution in [0.4, 0.5) is 22.8 Å². The smallest absolute Gasteiger partial charge is 0.410 e. The van der Waals surface area contributed by atoms with Crippen LogP contribution in [0.5, 0.6) is 0 Å². The molecular weight excluding hydrogens is 788 g/mol. The summed E-state index contributed by atoms with van der Waals surface area (Å²) < 4.78 is 90.6. The van der Waals surface area contributed by atoms with Gasteiger partial charge in [-0.1, -0.05) is 48.0 Å². The summed E-state index contributed by atoms with van der Waals surface area (Å²) in [7, 11) is -4.17. The maximum Gasteiger partial charge on any atom is 0.410 e. The number of urea groups is 1. The molecule has 12 nitrogen and oxygen atoms in total. The molecule has 4 aromatic rings. The molecule has 0 radical (unpaired) electrons. The summed E-state index contributed by atoms with van der Waals surface area (Å²) >= 11 is 0. The Morgan fingerprint density at radius 1 is 1.02 bits per heavy atom. The lowest BCUT2D eigenvalue weighted by Gasteiger charge is -2.40. The van der Waals surface area contributed by atoms with Crippen LogP contribution in [0, 0.1) is 30.4 Å². The topological polar surface area (TPSA) is 132 Å². The number of aromatic nitrogens is 2. The maximum absolute atomic E-state index is 16.1. The van der Waals surface area contributed by atoms with E-state index in [9.17, 15) is 22.4 Å². The summed E-state index contributed by atoms with van der Waals surface area (Å²) in [5, 5.41) is 2.87. The quantitative estimate of drug-likeness (QED) is 0.136. The third-order valence-corrected chi connectivity index (χ3v) is 11.7. The second-order valence-electron chi connectivity index (χ2n) is 16.3. The van der Waals surface area contributed by atoms with Crippen molar-refractivity contribution < 1.29 is 44.8 Å². The van der Waals surface area contributed by atoms with E-state index >= 15 is 8.78 Å². The van der Waals surface area contributed by atoms with Gasteiger partial charge in [-0.05, 0) is 89.3 Å². The van der Waals surface area contributed by atoms with Crippen LogP contribution in [-0.4, -0.2) is 97.2 Å². The Morgan fingerprint density at radius 3 is 2.39 bits per heavy atom. The van der Waals surface area contributed by atoms with Crippen LogP contribution >= 0.6 is 0 Å². The SMILES string of the molecule is Cc1ccc(S(=O)(=O)OC[C@H](C)NC(=O)N(CC2CN(C(=O)OC(C)(C)C)CC2F)C(c2nc(-c3cc(F)ccc3F)cn2Cc2ccccc2)C2CCOCC2)cc1. The Bertz CT molecular complexity index is 2180. The van der Waals surface area contributed by atoms with Gasteiger partial charge in [0.15, 0.2) is 0 Å². The number of carbonyl (C=O) groups is 2. The number of nitrogens with one attached hydrogen (secondary N) is 1. The fourth-order valence-corrected chi connectivity index (χ4v) is 8.38. The van der Waals surface area contributed by atoms with E-state index in [2.05, 4.69) is 5.32 Å². The van der Waals surface area contributed by atoms with E-state index in [-0.39, 0.29) is 48.2 Å². The van der Waals surface area contributed by atoms with Gasteiger partial charge in [-0.2, -0.15) is 8.42 Å². The molecule has 2 saturated heterocycles. The average molecular weight is 840 g/mol. The van der Waals surface area contributed by atoms with Crippen molar-refractivity contribution in [2.45, 2.75) is 82.8 Å². The second-order valence-corrected chi connectivity index (χ2v) is 17.9. The molecule has 0 bridgehead atoms. The molecule has 0 aliphatic carbocycles. The van der Waals surface area contributed by atoms with Crippen molar-refractivity contribution in [3.05, 3.63) is 108 Å². The highest BCUT2D eigenvalue weighted by atomic mass is 32.2. The third-order valence-electron chi connectivity index (χ3n) is 10.4. The summed E-state index contributed by atoms with van der Waals surface area (Å²) in [5.74, 6) is -2.17. The van der Waals surface area contributed by atoms with Gasteiger partial charge in [0.2, 0.25) is 0 Å². The van der Waals surface area contributed by atoms with Crippen LogP contribution in [0.15, 0.2) is 83.9 Å². The van der Waals surface area contributed by atoms with Gasteiger partial charge in [-0.25, -0.2) is 27.7 Å². The summed E-state index contributed by atoms with van der Waals surface area (Å²) in [6, 6.07) is 16.3. The van der Waals surface area contributed by atoms with Gasteiger partial charge in [-0.3, -0.25) is 4.18 Å². The van der Waals surface area contributed by atoms with E-state index in [1.54, 1.807) is 50.6 Å². The number of carbonyl (C=O) groups excluding carboxylic acids is 2. The Hall–Kier alpha value is -4.93. The first-order valence-corrected chi connectivity index (χ1v) is 21.2. The molecule has 16 heteroatoms. The average Bonchev–Trinajstić information content (AvgIpc) is 3.77. The summed E-state index contributed by atoms with van der Waals surface area (Å²) in [6.07, 6.45) is 0.372. The molecule has 2 aliphatic rings. The number of benzene rings is 3. The highest BCUT2D eigenvalue weighted by molar-refractivity contribution is 7.86. The molecule has 0 spiro atoms. The van der Waals surface area contributed by atoms with Crippen LogP contribution in [0.3, 0.4) is 0 Å². The molecule has 3 amide bonds. The molecule has 1 N–H and O–H groups in total. The number of likely N-dealkylation sites (tertiary alicyclic amines) is 1. The number of nitrogens with zero attached hydrogens (tertiary/aromatic N) is 4. The molecule has 3 unspecified atom stereocenters. The van der Waals surface area contributed by atoms with Gasteiger partial charge >= 0.3 is 12.1 Å². The Kier molecular flexibility index (Phi) is 13.7. The highest BCUT2D eigenvalue weighted by Crippen LogP contribution is 2.39. The number of hydrogen-bond acceptors (Lipinski definition) is 8. The van der Waals surface area contributed by atoms with Crippen LogP contribution < -0.4 is 5.32 Å². The first-order chi connectivity index (χ1) is 28.0. The van der Waals surface area contributed by atoms with E-state index in [4.69, 9.17) is 18.6 Å². The lowest BCUT2D eigenvalue weighted by molar-refractivity contribution is 0.0234. The molecule has 1 aromatic heterocycles. The van der Waals surface area contributed by atoms with Gasteiger partial charge in [0.05, 0.1) is 35.8 Å². The van der Waals surface area contributed by atoms with Crippen molar-refractivity contribution in [1.82, 2.24) is 24.7 Å². The van der Waals surface area contributed by atoms with Crippen LogP contribution in [0.25, 0.3) is 11.3 Å². The molecule has 4 atom stereocenters. The van der Waals surface area contributed by atoms with Crippen molar-refractivity contribution in [2.75, 3.05) is 39.5 Å². The van der Waals surface area contributed by atoms with Crippen LogP contribution in [0.1, 0.15) is 63.5 Å². The van der Waals surface area contributed by atoms with E-state index in [0.717, 1.165) is 29.3 Å². The number of imidazole rings is 1. The van der Waals surface area contributed by atoms with Crippen molar-refractivity contribution in [1.29, 1.82) is 0 Å². The normalized spacial score (nSPS) is 18.7. The van der Waals surface area contributed by atoms with Gasteiger partial charge in [0.25, 0.3) is 10.1 Å². The van der Waals surface area contributed by atoms with Crippen LogP contribution in [-0.2, 0) is 30.3 Å². The van der Waals surface area contributed by atoms with Crippen molar-refractivity contribution in [3.63, 3.8) is 0 Å². The fourth-order valence-electron chi connectivity index (χ4n) is 7.39. The summed E-state index contributed by atoms with van der Waals surface area (Å²) in [5.41, 5.74) is 0.975. The zero-order valence-electron chi connectivity index (χ0n) is 33.9. The number of amides is 3. The van der Waals surface area contributed by atoms with Crippen molar-refractivity contribution >= 4 is 22.2 Å². The molecule has 3 aromatic carbocycles. The molecule has 6 rings (SSSR count). The minimum atomic E-state index is -4.17. The molecule has 0 saturated carbocycles. The lowest BCUT2D eigenvalue weighted by Crippen LogP contribution is -2.52. The first-order valence-electron chi connectivity index (χ1n) is 19.8. The monoisotopic (exact) mass is 839 g/mol. The first kappa shape index (κ1) is 43.6. The Labute approximate surface area is 343 Å². The van der Waals surface area contributed by atoms with Gasteiger partial charge < -0.3 is 29.2 Å². The third kappa shape index (κ3) is 11.2. The lowest BCUT2D eigenvalue weighted by atomic mass is 9.89. The Morgan fingerprint density at radius 2 is 1.71 bits per heavy atom. The van der Waals surface area contributed by atoms with Gasteiger partial charge in [-0.15, -0.1) is 0 Å². The predicted molar refractivity (Wildman–Crippen MR) is 215 cm³/mol. The molecule has 59 heavy (non-hydrogen) atoms. The maximum atomic E-state index is 16.1. The number of halogens is 3. The molecule has 318 valence electrons. The predicted octanol–water partition coefficient (Wildman–Crippen LogP) is 7.66. The molecular formula is C43H52F3N5O7S. The number of hydrogen-bond donors (Lipinski definition) is 1. The van der Waals surface area contributed by atoms with E-state index in [1.165, 1.54) is 21.9 Å². The number of ether oxygens (including phenoxy) is 2. The van der Waals surface area contributed by atoms with Crippen molar-refractivity contribution in [3.8, 4) is 11.3 Å². The summed E-state index contributed by atoms with van der Waals surface area (Å²) in [6.45, 7) is 8.65. The molecule has 3 heterocycles. The second kappa shape index (κ2) is 18.6. The number of alkyl halides is 1. The van der Waals surface area contributed by atoms with Crippen molar-refractivity contribution in [2.24, 2.45) is 11.8 Å². The summed E-state index contributed by atoms with van der Waals surface area (Å²) in [4.78, 5) is 35.5. The van der Waals surface area contributed by atoms with Crippen LogP contribution in [0.2, 0.25) is 0 Å². The van der Waals surface area contributed by atoms with E-state index in [1.807, 2.05) is 37.3 Å². The van der Waals surface area contributed by atoms with E-state index < -0.39 is 70.3 Å². The fraction of sp³-hybridized carbons (Fsp3) is 0.465. The number of aryl methyl sites for hydroxylation is 1. The molecule has 2 aliphatic heterocycles. The zero-order valence-corrected chi connectivity index (χ0v) is 34.8. The standard InChI is InChI=1S/C43H52F3N5O7S/c1-28-11-14-34(15-12-28)59(54,55)57-27-29(2)47-41(52)51(24-32-23-50(25-37(32)46)42(53)58-43(3,4)5)39(31-17-19-56-20-18-31)40-48-38(35-21-33(44)13-16-36(35)45)26-49(40)22-30-9-7-6-8-10-30/h6-16,21,26,29,31-32,37,39H,17-20,22-25,27H2,1-5H3,(H,47,52)/t29-,32?,37?,39?/m0/s1.